The van der Waals surface area contributed by atoms with Crippen LogP contribution < -0.4 is 10.2 Å². The van der Waals surface area contributed by atoms with Gasteiger partial charge in [0.1, 0.15) is 0 Å². The van der Waals surface area contributed by atoms with Crippen LogP contribution in [0, 0.1) is 12.8 Å². The van der Waals surface area contributed by atoms with E-state index >= 15 is 0 Å². The molecule has 2 heterocycles. The smallest absolute Gasteiger partial charge is 0.307 e. The Morgan fingerprint density at radius 3 is 2.78 bits per heavy atom. The van der Waals surface area contributed by atoms with E-state index < -0.39 is 0 Å². The zero-order valence-corrected chi connectivity index (χ0v) is 14.9. The number of aryl methyl sites for hydroxylation is 1. The minimum absolute atomic E-state index is 0.0147. The molecule has 1 saturated carbocycles. The minimum atomic E-state index is 0.0147. The van der Waals surface area contributed by atoms with E-state index in [0.717, 1.165) is 5.69 Å². The highest BCUT2D eigenvalue weighted by atomic mass is 32.1. The van der Waals surface area contributed by atoms with Crippen molar-refractivity contribution < 1.29 is 4.79 Å². The van der Waals surface area contributed by atoms with Gasteiger partial charge in [-0.2, -0.15) is 0 Å². The van der Waals surface area contributed by atoms with Gasteiger partial charge < -0.3 is 9.88 Å². The fourth-order valence-electron chi connectivity index (χ4n) is 3.31. The number of thiazole rings is 1. The number of amides is 1. The quantitative estimate of drug-likeness (QED) is 0.863. The van der Waals surface area contributed by atoms with E-state index in [4.69, 9.17) is 0 Å². The Morgan fingerprint density at radius 2 is 2.17 bits per heavy atom. The first-order chi connectivity index (χ1) is 11.1. The third kappa shape index (κ3) is 3.93. The zero-order valence-electron chi connectivity index (χ0n) is 13.3. The molecule has 0 aliphatic heterocycles. The Hall–Kier alpha value is -1.40. The predicted octanol–water partition coefficient (Wildman–Crippen LogP) is 3.72. The van der Waals surface area contributed by atoms with Crippen molar-refractivity contribution >= 4 is 28.6 Å². The molecule has 1 N–H and O–H groups in total. The van der Waals surface area contributed by atoms with Gasteiger partial charge in [-0.3, -0.25) is 9.59 Å². The van der Waals surface area contributed by atoms with Crippen LogP contribution in [0.5, 0.6) is 0 Å². The fourth-order valence-corrected chi connectivity index (χ4v) is 4.94. The Bertz CT molecular complexity index is 697. The molecule has 0 saturated heterocycles. The van der Waals surface area contributed by atoms with E-state index in [1.54, 1.807) is 15.9 Å². The van der Waals surface area contributed by atoms with Crippen LogP contribution >= 0.6 is 22.7 Å². The zero-order chi connectivity index (χ0) is 16.2. The van der Waals surface area contributed by atoms with E-state index in [1.165, 1.54) is 41.9 Å². The number of carbonyl (C=O) groups excluding carboxylic acids is 1. The van der Waals surface area contributed by atoms with Gasteiger partial charge in [0, 0.05) is 28.9 Å². The second-order valence-corrected chi connectivity index (χ2v) is 7.95. The number of hydrogen-bond acceptors (Lipinski definition) is 4. The first kappa shape index (κ1) is 16.5. The molecule has 1 amide bonds. The van der Waals surface area contributed by atoms with Crippen molar-refractivity contribution in [1.29, 1.82) is 0 Å². The van der Waals surface area contributed by atoms with Crippen LogP contribution in [0.15, 0.2) is 27.7 Å². The summed E-state index contributed by atoms with van der Waals surface area (Å²) in [4.78, 5) is 25.4. The molecule has 23 heavy (non-hydrogen) atoms. The molecule has 4 nitrogen and oxygen atoms in total. The number of nitrogens with zero attached hydrogens (tertiary/aromatic N) is 1. The molecule has 124 valence electrons. The van der Waals surface area contributed by atoms with Crippen LogP contribution in [0.2, 0.25) is 0 Å². The highest BCUT2D eigenvalue weighted by Crippen LogP contribution is 2.37. The van der Waals surface area contributed by atoms with Crippen LogP contribution in [0.25, 0.3) is 0 Å². The van der Waals surface area contributed by atoms with Gasteiger partial charge in [0.05, 0.1) is 6.04 Å². The van der Waals surface area contributed by atoms with Crippen LogP contribution in [0.4, 0.5) is 0 Å². The van der Waals surface area contributed by atoms with E-state index in [9.17, 15) is 9.59 Å². The fraction of sp³-hybridized carbons (Fsp3) is 0.529. The molecule has 2 aromatic rings. The number of hydrogen-bond donors (Lipinski definition) is 1. The van der Waals surface area contributed by atoms with Gasteiger partial charge in [-0.1, -0.05) is 30.2 Å². The third-order valence-electron chi connectivity index (χ3n) is 4.58. The summed E-state index contributed by atoms with van der Waals surface area (Å²) in [6.45, 7) is 2.37. The van der Waals surface area contributed by atoms with Gasteiger partial charge in [0.25, 0.3) is 0 Å². The van der Waals surface area contributed by atoms with E-state index in [0.29, 0.717) is 18.9 Å². The second-order valence-electron chi connectivity index (χ2n) is 6.15. The average Bonchev–Trinajstić information content (AvgIpc) is 3.27. The Kier molecular flexibility index (Phi) is 5.33. The average molecular weight is 351 g/mol. The van der Waals surface area contributed by atoms with Crippen LogP contribution in [-0.4, -0.2) is 10.5 Å². The lowest BCUT2D eigenvalue weighted by Gasteiger charge is -2.24. The van der Waals surface area contributed by atoms with Crippen LogP contribution in [0.3, 0.4) is 0 Å². The topological polar surface area (TPSA) is 51.1 Å². The predicted molar refractivity (Wildman–Crippen MR) is 95.1 cm³/mol. The highest BCUT2D eigenvalue weighted by Gasteiger charge is 2.28. The van der Waals surface area contributed by atoms with E-state index in [2.05, 4.69) is 16.8 Å². The second kappa shape index (κ2) is 7.45. The van der Waals surface area contributed by atoms with Crippen molar-refractivity contribution in [1.82, 2.24) is 9.88 Å². The lowest BCUT2D eigenvalue weighted by molar-refractivity contribution is -0.122. The molecular weight excluding hydrogens is 328 g/mol. The third-order valence-corrected chi connectivity index (χ3v) is 6.41. The molecule has 3 rings (SSSR count). The standard InChI is InChI=1S/C17H22N2O2S2/c1-12-11-23-17(21)19(12)9-8-15(20)18-16(13-5-2-3-6-13)14-7-4-10-22-14/h4,7,10-11,13,16H,2-3,5-6,8-9H2,1H3,(H,18,20)/t16-/m1/s1. The molecule has 2 aromatic heterocycles. The molecule has 1 aliphatic carbocycles. The monoisotopic (exact) mass is 350 g/mol. The maximum atomic E-state index is 12.4. The normalized spacial score (nSPS) is 16.6. The lowest BCUT2D eigenvalue weighted by atomic mass is 9.96. The van der Waals surface area contributed by atoms with Gasteiger partial charge in [0.15, 0.2) is 0 Å². The molecule has 1 fully saturated rings. The van der Waals surface area contributed by atoms with Crippen LogP contribution in [-0.2, 0) is 11.3 Å². The highest BCUT2D eigenvalue weighted by molar-refractivity contribution is 7.10. The molecule has 0 spiro atoms. The van der Waals surface area contributed by atoms with Crippen molar-refractivity contribution in [2.24, 2.45) is 5.92 Å². The first-order valence-electron chi connectivity index (χ1n) is 8.13. The molecular formula is C17H22N2O2S2. The summed E-state index contributed by atoms with van der Waals surface area (Å²) in [5, 5.41) is 7.13. The summed E-state index contributed by atoms with van der Waals surface area (Å²) in [6.07, 6.45) is 5.24. The number of nitrogens with one attached hydrogen (secondary N) is 1. The molecule has 1 aliphatic rings. The maximum absolute atomic E-state index is 12.4. The Morgan fingerprint density at radius 1 is 1.39 bits per heavy atom. The Balaban J connectivity index is 1.63. The van der Waals surface area contributed by atoms with Gasteiger partial charge in [-0.05, 0) is 37.1 Å². The number of aromatic nitrogens is 1. The van der Waals surface area contributed by atoms with Crippen molar-refractivity contribution in [3.63, 3.8) is 0 Å². The summed E-state index contributed by atoms with van der Waals surface area (Å²) in [6, 6.07) is 4.29. The van der Waals surface area contributed by atoms with Crippen LogP contribution in [0.1, 0.15) is 48.7 Å². The largest absolute Gasteiger partial charge is 0.348 e. The SMILES string of the molecule is Cc1csc(=O)n1CCC(=O)N[C@@H](c1cccs1)C1CCCC1. The van der Waals surface area contributed by atoms with Crippen molar-refractivity contribution in [2.45, 2.75) is 51.6 Å². The summed E-state index contributed by atoms with van der Waals surface area (Å²) >= 11 is 2.90. The molecule has 0 radical (unpaired) electrons. The summed E-state index contributed by atoms with van der Waals surface area (Å²) in [5.41, 5.74) is 0.929. The summed E-state index contributed by atoms with van der Waals surface area (Å²) in [5.74, 6) is 0.580. The molecule has 0 bridgehead atoms. The Labute approximate surface area is 144 Å². The van der Waals surface area contributed by atoms with Gasteiger partial charge >= 0.3 is 4.87 Å². The summed E-state index contributed by atoms with van der Waals surface area (Å²) < 4.78 is 1.68. The van der Waals surface area contributed by atoms with Crippen molar-refractivity contribution in [3.05, 3.63) is 43.1 Å². The van der Waals surface area contributed by atoms with Gasteiger partial charge in [0.2, 0.25) is 5.91 Å². The van der Waals surface area contributed by atoms with Gasteiger partial charge in [-0.25, -0.2) is 0 Å². The first-order valence-corrected chi connectivity index (χ1v) is 9.89. The lowest BCUT2D eigenvalue weighted by Crippen LogP contribution is -2.33. The van der Waals surface area contributed by atoms with E-state index in [1.807, 2.05) is 18.4 Å². The molecule has 1 atom stereocenters. The number of rotatable bonds is 6. The number of thiophene rings is 1. The maximum Gasteiger partial charge on any atom is 0.307 e. The van der Waals surface area contributed by atoms with E-state index in [-0.39, 0.29) is 16.8 Å². The van der Waals surface area contributed by atoms with Crippen molar-refractivity contribution in [3.8, 4) is 0 Å². The number of carbonyl (C=O) groups is 1. The minimum Gasteiger partial charge on any atom is -0.348 e. The molecule has 0 aromatic carbocycles. The summed E-state index contributed by atoms with van der Waals surface area (Å²) in [7, 11) is 0. The van der Waals surface area contributed by atoms with Gasteiger partial charge in [-0.15, -0.1) is 11.3 Å². The van der Waals surface area contributed by atoms with Crippen molar-refractivity contribution in [2.75, 3.05) is 0 Å². The molecule has 0 unspecified atom stereocenters. The molecule has 6 heteroatoms.